The minimum absolute atomic E-state index is 0.293. The zero-order valence-corrected chi connectivity index (χ0v) is 11.3. The van der Waals surface area contributed by atoms with Gasteiger partial charge in [0.15, 0.2) is 0 Å². The standard InChI is InChI=1S/C14H16FNO4/c1-19-13(17)10-7-11(14(18)20-2)16-12(10)8-3-5-9(15)6-4-8/h3-6,10-12,16H,7H2,1-2H3/t10-,11+,12+/m0/s1. The number of carbonyl (C=O) groups excluding carboxylic acids is 2. The van der Waals surface area contributed by atoms with Gasteiger partial charge in [-0.2, -0.15) is 0 Å². The van der Waals surface area contributed by atoms with Crippen LogP contribution in [0, 0.1) is 11.7 Å². The molecule has 0 amide bonds. The topological polar surface area (TPSA) is 64.6 Å². The zero-order valence-electron chi connectivity index (χ0n) is 11.3. The van der Waals surface area contributed by atoms with Gasteiger partial charge >= 0.3 is 11.9 Å². The van der Waals surface area contributed by atoms with Crippen LogP contribution in [0.2, 0.25) is 0 Å². The third-order valence-electron chi connectivity index (χ3n) is 3.49. The predicted molar refractivity (Wildman–Crippen MR) is 68.2 cm³/mol. The average Bonchev–Trinajstić information content (AvgIpc) is 2.91. The Kier molecular flexibility index (Phi) is 4.34. The van der Waals surface area contributed by atoms with Crippen molar-refractivity contribution in [1.29, 1.82) is 0 Å². The van der Waals surface area contributed by atoms with Crippen molar-refractivity contribution < 1.29 is 23.5 Å². The molecule has 0 saturated carbocycles. The van der Waals surface area contributed by atoms with E-state index in [2.05, 4.69) is 10.1 Å². The molecule has 0 bridgehead atoms. The van der Waals surface area contributed by atoms with E-state index in [4.69, 9.17) is 4.74 Å². The van der Waals surface area contributed by atoms with Crippen LogP contribution in [0.3, 0.4) is 0 Å². The molecule has 0 spiro atoms. The summed E-state index contributed by atoms with van der Waals surface area (Å²) in [6.07, 6.45) is 0.293. The Bertz CT molecular complexity index is 502. The first-order chi connectivity index (χ1) is 9.56. The fourth-order valence-corrected chi connectivity index (χ4v) is 2.48. The van der Waals surface area contributed by atoms with Gasteiger partial charge in [-0.15, -0.1) is 0 Å². The van der Waals surface area contributed by atoms with Crippen molar-refractivity contribution in [3.8, 4) is 0 Å². The number of methoxy groups -OCH3 is 2. The highest BCUT2D eigenvalue weighted by atomic mass is 19.1. The molecular formula is C14H16FNO4. The molecule has 1 saturated heterocycles. The SMILES string of the molecule is COC(=O)[C@H]1C[C@H](C(=O)OC)N[C@@H]1c1ccc(F)cc1. The molecule has 0 aromatic heterocycles. The summed E-state index contributed by atoms with van der Waals surface area (Å²) >= 11 is 0. The number of ether oxygens (including phenoxy) is 2. The van der Waals surface area contributed by atoms with Gasteiger partial charge in [0.2, 0.25) is 0 Å². The lowest BCUT2D eigenvalue weighted by molar-refractivity contribution is -0.146. The Balaban J connectivity index is 2.25. The van der Waals surface area contributed by atoms with Gasteiger partial charge in [0.1, 0.15) is 11.9 Å². The molecule has 108 valence electrons. The number of esters is 2. The van der Waals surface area contributed by atoms with E-state index in [1.165, 1.54) is 26.4 Å². The summed E-state index contributed by atoms with van der Waals surface area (Å²) in [6, 6.07) is 4.84. The van der Waals surface area contributed by atoms with Crippen LogP contribution < -0.4 is 5.32 Å². The lowest BCUT2D eigenvalue weighted by atomic mass is 9.93. The van der Waals surface area contributed by atoms with Crippen LogP contribution in [-0.2, 0) is 19.1 Å². The summed E-state index contributed by atoms with van der Waals surface area (Å²) in [6.45, 7) is 0. The molecule has 0 aliphatic carbocycles. The molecule has 0 radical (unpaired) electrons. The van der Waals surface area contributed by atoms with E-state index in [9.17, 15) is 14.0 Å². The second-order valence-corrected chi connectivity index (χ2v) is 4.64. The third-order valence-corrected chi connectivity index (χ3v) is 3.49. The monoisotopic (exact) mass is 281 g/mol. The van der Waals surface area contributed by atoms with Gasteiger partial charge in [-0.3, -0.25) is 14.9 Å². The largest absolute Gasteiger partial charge is 0.469 e. The lowest BCUT2D eigenvalue weighted by Crippen LogP contribution is -2.33. The Morgan fingerprint density at radius 1 is 1.15 bits per heavy atom. The summed E-state index contributed by atoms with van der Waals surface area (Å²) in [5.74, 6) is -1.69. The number of carbonyl (C=O) groups is 2. The Morgan fingerprint density at radius 3 is 2.30 bits per heavy atom. The third kappa shape index (κ3) is 2.80. The Labute approximate surface area is 116 Å². The smallest absolute Gasteiger partial charge is 0.322 e. The van der Waals surface area contributed by atoms with E-state index < -0.39 is 29.9 Å². The van der Waals surface area contributed by atoms with Gasteiger partial charge in [0.25, 0.3) is 0 Å². The van der Waals surface area contributed by atoms with E-state index in [1.54, 1.807) is 12.1 Å². The quantitative estimate of drug-likeness (QED) is 0.843. The van der Waals surface area contributed by atoms with E-state index in [0.29, 0.717) is 6.42 Å². The molecule has 5 nitrogen and oxygen atoms in total. The first-order valence-electron chi connectivity index (χ1n) is 6.24. The maximum absolute atomic E-state index is 13.0. The molecule has 1 aromatic rings. The highest BCUT2D eigenvalue weighted by Gasteiger charge is 2.43. The minimum atomic E-state index is -0.570. The van der Waals surface area contributed by atoms with Gasteiger partial charge < -0.3 is 9.47 Å². The van der Waals surface area contributed by atoms with Crippen molar-refractivity contribution in [3.63, 3.8) is 0 Å². The summed E-state index contributed by atoms with van der Waals surface area (Å²) < 4.78 is 22.4. The number of rotatable bonds is 3. The fraction of sp³-hybridized carbons (Fsp3) is 0.429. The van der Waals surface area contributed by atoms with Crippen LogP contribution >= 0.6 is 0 Å². The maximum atomic E-state index is 13.0. The molecule has 1 aliphatic rings. The zero-order chi connectivity index (χ0) is 14.7. The average molecular weight is 281 g/mol. The molecule has 0 unspecified atom stereocenters. The summed E-state index contributed by atoms with van der Waals surface area (Å²) in [5.41, 5.74) is 0.730. The van der Waals surface area contributed by atoms with Crippen LogP contribution in [0.5, 0.6) is 0 Å². The Hall–Kier alpha value is -1.95. The number of hydrogen-bond donors (Lipinski definition) is 1. The van der Waals surface area contributed by atoms with Gasteiger partial charge in [-0.05, 0) is 24.1 Å². The summed E-state index contributed by atoms with van der Waals surface area (Å²) in [5, 5.41) is 3.04. The number of nitrogens with one attached hydrogen (secondary N) is 1. The fourth-order valence-electron chi connectivity index (χ4n) is 2.48. The van der Waals surface area contributed by atoms with E-state index >= 15 is 0 Å². The van der Waals surface area contributed by atoms with Crippen molar-refractivity contribution in [2.24, 2.45) is 5.92 Å². The molecule has 2 rings (SSSR count). The second-order valence-electron chi connectivity index (χ2n) is 4.64. The van der Waals surface area contributed by atoms with E-state index in [-0.39, 0.29) is 5.82 Å². The van der Waals surface area contributed by atoms with Crippen molar-refractivity contribution in [2.45, 2.75) is 18.5 Å². The van der Waals surface area contributed by atoms with Crippen LogP contribution in [-0.4, -0.2) is 32.2 Å². The number of halogens is 1. The maximum Gasteiger partial charge on any atom is 0.322 e. The number of hydrogen-bond acceptors (Lipinski definition) is 5. The normalized spacial score (nSPS) is 25.2. The molecule has 1 aromatic carbocycles. The molecule has 20 heavy (non-hydrogen) atoms. The second kappa shape index (κ2) is 6.00. The van der Waals surface area contributed by atoms with E-state index in [1.807, 2.05) is 0 Å². The van der Waals surface area contributed by atoms with Crippen LogP contribution in [0.15, 0.2) is 24.3 Å². The molecular weight excluding hydrogens is 265 g/mol. The van der Waals surface area contributed by atoms with Crippen molar-refractivity contribution in [3.05, 3.63) is 35.6 Å². The lowest BCUT2D eigenvalue weighted by Gasteiger charge is -2.17. The highest BCUT2D eigenvalue weighted by Crippen LogP contribution is 2.34. The molecule has 1 N–H and O–H groups in total. The molecule has 1 aliphatic heterocycles. The summed E-state index contributed by atoms with van der Waals surface area (Å²) in [4.78, 5) is 23.4. The van der Waals surface area contributed by atoms with Crippen LogP contribution in [0.25, 0.3) is 0 Å². The summed E-state index contributed by atoms with van der Waals surface area (Å²) in [7, 11) is 2.60. The van der Waals surface area contributed by atoms with Gasteiger partial charge in [-0.25, -0.2) is 4.39 Å². The first-order valence-corrected chi connectivity index (χ1v) is 6.24. The van der Waals surface area contributed by atoms with Gasteiger partial charge in [0, 0.05) is 6.04 Å². The van der Waals surface area contributed by atoms with Crippen molar-refractivity contribution in [1.82, 2.24) is 5.32 Å². The number of benzene rings is 1. The van der Waals surface area contributed by atoms with Crippen LogP contribution in [0.4, 0.5) is 4.39 Å². The van der Waals surface area contributed by atoms with E-state index in [0.717, 1.165) is 5.56 Å². The van der Waals surface area contributed by atoms with Crippen molar-refractivity contribution in [2.75, 3.05) is 14.2 Å². The van der Waals surface area contributed by atoms with Crippen molar-refractivity contribution >= 4 is 11.9 Å². The minimum Gasteiger partial charge on any atom is -0.469 e. The first kappa shape index (κ1) is 14.5. The van der Waals surface area contributed by atoms with Gasteiger partial charge in [0.05, 0.1) is 20.1 Å². The Morgan fingerprint density at radius 2 is 1.75 bits per heavy atom. The van der Waals surface area contributed by atoms with Gasteiger partial charge in [-0.1, -0.05) is 12.1 Å². The highest BCUT2D eigenvalue weighted by molar-refractivity contribution is 5.80. The molecule has 1 fully saturated rings. The molecule has 1 heterocycles. The molecule has 6 heteroatoms. The molecule has 3 atom stereocenters. The predicted octanol–water partition coefficient (Wildman–Crippen LogP) is 1.19. The van der Waals surface area contributed by atoms with Crippen LogP contribution in [0.1, 0.15) is 18.0 Å².